The SMILES string of the molecule is CN1CCC(NC(=O)NCCc2cccnc2)CC1. The summed E-state index contributed by atoms with van der Waals surface area (Å²) in [5.41, 5.74) is 1.14. The fraction of sp³-hybridized carbons (Fsp3) is 0.571. The van der Waals surface area contributed by atoms with Crippen molar-refractivity contribution in [3.63, 3.8) is 0 Å². The molecule has 0 aliphatic carbocycles. The van der Waals surface area contributed by atoms with Crippen molar-refractivity contribution in [3.8, 4) is 0 Å². The molecule has 0 saturated carbocycles. The average Bonchev–Trinajstić information content (AvgIpc) is 2.43. The Hall–Kier alpha value is -1.62. The van der Waals surface area contributed by atoms with Gasteiger partial charge in [-0.1, -0.05) is 6.07 Å². The number of rotatable bonds is 4. The zero-order valence-corrected chi connectivity index (χ0v) is 11.4. The fourth-order valence-corrected chi connectivity index (χ4v) is 2.26. The largest absolute Gasteiger partial charge is 0.338 e. The zero-order valence-electron chi connectivity index (χ0n) is 11.4. The van der Waals surface area contributed by atoms with Crippen molar-refractivity contribution in [2.45, 2.75) is 25.3 Å². The van der Waals surface area contributed by atoms with Gasteiger partial charge in [0.25, 0.3) is 0 Å². The van der Waals surface area contributed by atoms with Gasteiger partial charge in [-0.25, -0.2) is 4.79 Å². The van der Waals surface area contributed by atoms with Crippen LogP contribution in [0, 0.1) is 0 Å². The van der Waals surface area contributed by atoms with Crippen molar-refractivity contribution in [2.75, 3.05) is 26.7 Å². The fourth-order valence-electron chi connectivity index (χ4n) is 2.26. The van der Waals surface area contributed by atoms with Crippen molar-refractivity contribution in [1.29, 1.82) is 0 Å². The maximum atomic E-state index is 11.7. The first-order valence-corrected chi connectivity index (χ1v) is 6.86. The lowest BCUT2D eigenvalue weighted by atomic mass is 10.1. The van der Waals surface area contributed by atoms with E-state index < -0.39 is 0 Å². The van der Waals surface area contributed by atoms with E-state index in [9.17, 15) is 4.79 Å². The van der Waals surface area contributed by atoms with Gasteiger partial charge in [-0.3, -0.25) is 4.98 Å². The Morgan fingerprint density at radius 1 is 1.47 bits per heavy atom. The lowest BCUT2D eigenvalue weighted by Crippen LogP contribution is -2.47. The summed E-state index contributed by atoms with van der Waals surface area (Å²) in [5.74, 6) is 0. The van der Waals surface area contributed by atoms with Crippen molar-refractivity contribution in [3.05, 3.63) is 30.1 Å². The van der Waals surface area contributed by atoms with Crippen LogP contribution in [0.2, 0.25) is 0 Å². The molecule has 1 aliphatic rings. The van der Waals surface area contributed by atoms with Crippen LogP contribution in [0.5, 0.6) is 0 Å². The number of amides is 2. The third kappa shape index (κ3) is 4.87. The summed E-state index contributed by atoms with van der Waals surface area (Å²) in [6.07, 6.45) is 6.47. The Kier molecular flexibility index (Phi) is 5.15. The van der Waals surface area contributed by atoms with E-state index in [2.05, 4.69) is 27.6 Å². The molecule has 1 saturated heterocycles. The predicted molar refractivity (Wildman–Crippen MR) is 75.0 cm³/mol. The molecule has 1 aromatic heterocycles. The topological polar surface area (TPSA) is 57.3 Å². The summed E-state index contributed by atoms with van der Waals surface area (Å²) < 4.78 is 0. The lowest BCUT2D eigenvalue weighted by molar-refractivity contribution is 0.214. The molecule has 19 heavy (non-hydrogen) atoms. The second-order valence-electron chi connectivity index (χ2n) is 5.09. The molecular formula is C14H22N4O. The molecule has 2 rings (SSSR count). The van der Waals surface area contributed by atoms with E-state index in [0.29, 0.717) is 12.6 Å². The monoisotopic (exact) mass is 262 g/mol. The Morgan fingerprint density at radius 2 is 2.26 bits per heavy atom. The molecule has 1 aromatic rings. The van der Waals surface area contributed by atoms with E-state index in [1.165, 1.54) is 0 Å². The molecule has 0 unspecified atom stereocenters. The summed E-state index contributed by atoms with van der Waals surface area (Å²) in [7, 11) is 2.12. The molecule has 5 heteroatoms. The van der Waals surface area contributed by atoms with Crippen LogP contribution in [0.3, 0.4) is 0 Å². The first-order valence-electron chi connectivity index (χ1n) is 6.86. The van der Waals surface area contributed by atoms with Gasteiger partial charge in [-0.2, -0.15) is 0 Å². The van der Waals surface area contributed by atoms with E-state index in [1.54, 1.807) is 6.20 Å². The molecule has 5 nitrogen and oxygen atoms in total. The quantitative estimate of drug-likeness (QED) is 0.851. The van der Waals surface area contributed by atoms with E-state index >= 15 is 0 Å². The van der Waals surface area contributed by atoms with Gasteiger partial charge in [-0.05, 0) is 51.0 Å². The van der Waals surface area contributed by atoms with Gasteiger partial charge in [0.1, 0.15) is 0 Å². The highest BCUT2D eigenvalue weighted by atomic mass is 16.2. The number of hydrogen-bond donors (Lipinski definition) is 2. The number of pyridine rings is 1. The second-order valence-corrected chi connectivity index (χ2v) is 5.09. The highest BCUT2D eigenvalue weighted by molar-refractivity contribution is 5.74. The minimum absolute atomic E-state index is 0.0570. The van der Waals surface area contributed by atoms with Gasteiger partial charge in [0.2, 0.25) is 0 Å². The Labute approximate surface area is 114 Å². The van der Waals surface area contributed by atoms with E-state index in [0.717, 1.165) is 37.9 Å². The highest BCUT2D eigenvalue weighted by Crippen LogP contribution is 2.07. The highest BCUT2D eigenvalue weighted by Gasteiger charge is 2.17. The molecule has 0 bridgehead atoms. The van der Waals surface area contributed by atoms with Crippen molar-refractivity contribution in [2.24, 2.45) is 0 Å². The molecule has 0 radical (unpaired) electrons. The van der Waals surface area contributed by atoms with Crippen LogP contribution in [0.15, 0.2) is 24.5 Å². The minimum Gasteiger partial charge on any atom is -0.338 e. The summed E-state index contributed by atoms with van der Waals surface area (Å²) in [4.78, 5) is 18.1. The van der Waals surface area contributed by atoms with E-state index in [4.69, 9.17) is 0 Å². The molecule has 1 aliphatic heterocycles. The van der Waals surface area contributed by atoms with Gasteiger partial charge in [-0.15, -0.1) is 0 Å². The van der Waals surface area contributed by atoms with E-state index in [1.807, 2.05) is 18.3 Å². The molecule has 0 aromatic carbocycles. The van der Waals surface area contributed by atoms with Crippen LogP contribution in [0.4, 0.5) is 4.79 Å². The molecular weight excluding hydrogens is 240 g/mol. The number of nitrogens with one attached hydrogen (secondary N) is 2. The lowest BCUT2D eigenvalue weighted by Gasteiger charge is -2.29. The molecule has 0 atom stereocenters. The number of urea groups is 1. The molecule has 0 spiro atoms. The number of nitrogens with zero attached hydrogens (tertiary/aromatic N) is 2. The number of piperidine rings is 1. The maximum absolute atomic E-state index is 11.7. The molecule has 2 amide bonds. The summed E-state index contributed by atoms with van der Waals surface area (Å²) in [6, 6.07) is 4.19. The average molecular weight is 262 g/mol. The normalized spacial score (nSPS) is 17.1. The summed E-state index contributed by atoms with van der Waals surface area (Å²) in [5, 5.41) is 5.93. The van der Waals surface area contributed by atoms with Gasteiger partial charge in [0.15, 0.2) is 0 Å². The number of carbonyl (C=O) groups excluding carboxylic acids is 1. The third-order valence-electron chi connectivity index (χ3n) is 3.48. The number of aromatic nitrogens is 1. The molecule has 1 fully saturated rings. The van der Waals surface area contributed by atoms with Crippen LogP contribution in [0.1, 0.15) is 18.4 Å². The van der Waals surface area contributed by atoms with Crippen molar-refractivity contribution >= 4 is 6.03 Å². The predicted octanol–water partition coefficient (Wildman–Crippen LogP) is 1.02. The number of carbonyl (C=O) groups is 1. The van der Waals surface area contributed by atoms with Gasteiger partial charge < -0.3 is 15.5 Å². The van der Waals surface area contributed by atoms with Crippen LogP contribution in [-0.2, 0) is 6.42 Å². The first kappa shape index (κ1) is 13.8. The van der Waals surface area contributed by atoms with Crippen LogP contribution < -0.4 is 10.6 Å². The Balaban J connectivity index is 1.62. The molecule has 2 N–H and O–H groups in total. The van der Waals surface area contributed by atoms with Crippen LogP contribution in [0.25, 0.3) is 0 Å². The molecule has 2 heterocycles. The Morgan fingerprint density at radius 3 is 2.95 bits per heavy atom. The zero-order chi connectivity index (χ0) is 13.5. The summed E-state index contributed by atoms with van der Waals surface area (Å²) >= 11 is 0. The van der Waals surface area contributed by atoms with Crippen LogP contribution in [-0.4, -0.2) is 48.6 Å². The number of hydrogen-bond acceptors (Lipinski definition) is 3. The first-order chi connectivity index (χ1) is 9.24. The number of likely N-dealkylation sites (tertiary alicyclic amines) is 1. The Bertz CT molecular complexity index is 388. The smallest absolute Gasteiger partial charge is 0.315 e. The minimum atomic E-state index is -0.0570. The standard InChI is InChI=1S/C14H22N4O/c1-18-9-5-13(6-10-18)17-14(19)16-8-4-12-3-2-7-15-11-12/h2-3,7,11,13H,4-6,8-10H2,1H3,(H2,16,17,19). The maximum Gasteiger partial charge on any atom is 0.315 e. The van der Waals surface area contributed by atoms with Gasteiger partial charge in [0.05, 0.1) is 0 Å². The van der Waals surface area contributed by atoms with E-state index in [-0.39, 0.29) is 6.03 Å². The second kappa shape index (κ2) is 7.09. The van der Waals surface area contributed by atoms with Crippen molar-refractivity contribution < 1.29 is 4.79 Å². The molecule has 104 valence electrons. The van der Waals surface area contributed by atoms with Gasteiger partial charge >= 0.3 is 6.03 Å². The van der Waals surface area contributed by atoms with Crippen LogP contribution >= 0.6 is 0 Å². The third-order valence-corrected chi connectivity index (χ3v) is 3.48. The summed E-state index contributed by atoms with van der Waals surface area (Å²) in [6.45, 7) is 2.76. The van der Waals surface area contributed by atoms with Crippen molar-refractivity contribution in [1.82, 2.24) is 20.5 Å². The van der Waals surface area contributed by atoms with Gasteiger partial charge in [0, 0.05) is 25.0 Å².